The summed E-state index contributed by atoms with van der Waals surface area (Å²) in [5, 5.41) is 28.4. The molecular weight excluding hydrogens is 683 g/mol. The van der Waals surface area contributed by atoms with Gasteiger partial charge in [0.15, 0.2) is 13.9 Å². The van der Waals surface area contributed by atoms with Crippen LogP contribution < -0.4 is 15.5 Å². The Morgan fingerprint density at radius 1 is 1.12 bits per heavy atom. The standard InChI is InChI=1S/C38H45N5O8Si/c1-23-35(52(2,3)50)33(19-34(45)41-21-26-8-5-4-7-25(26)17-29(41)22-44)51-38(23)30-18-28(43(48)49)14-15-32(30)42(37(38)47)20-24-10-12-27(13-11-24)40-36(46)31-9-6-16-39-31/h4-5,7-8,10-15,18,23,29,31,33,35,39,44,50H,6,9,16-17,19-22H2,1-3H3,(H,40,46)/t23-,29+,31-,33+,35-,38+/m1/s1. The van der Waals surface area contributed by atoms with Crippen LogP contribution in [0.15, 0.2) is 66.7 Å². The molecule has 3 aromatic carbocycles. The number of benzene rings is 3. The zero-order valence-electron chi connectivity index (χ0n) is 29.6. The maximum absolute atomic E-state index is 14.9. The summed E-state index contributed by atoms with van der Waals surface area (Å²) >= 11 is 0. The Hall–Kier alpha value is -4.47. The van der Waals surface area contributed by atoms with Crippen LogP contribution in [0.4, 0.5) is 17.1 Å². The number of hydrogen-bond donors (Lipinski definition) is 4. The van der Waals surface area contributed by atoms with Crippen LogP contribution in [-0.4, -0.2) is 77.1 Å². The Balaban J connectivity index is 1.19. The molecule has 1 spiro atoms. The number of nitro benzene ring substituents is 1. The molecule has 4 aliphatic rings. The van der Waals surface area contributed by atoms with Gasteiger partial charge in [0, 0.05) is 41.4 Å². The van der Waals surface area contributed by atoms with Gasteiger partial charge < -0.3 is 35.1 Å². The molecule has 52 heavy (non-hydrogen) atoms. The molecule has 14 heteroatoms. The number of nitrogens with zero attached hydrogens (tertiary/aromatic N) is 3. The first-order chi connectivity index (χ1) is 24.8. The highest BCUT2D eigenvalue weighted by Crippen LogP contribution is 2.60. The normalized spacial score (nSPS) is 26.8. The van der Waals surface area contributed by atoms with E-state index in [1.807, 2.05) is 43.3 Å². The maximum Gasteiger partial charge on any atom is 0.269 e. The van der Waals surface area contributed by atoms with Gasteiger partial charge >= 0.3 is 0 Å². The third kappa shape index (κ3) is 6.32. The number of amides is 3. The van der Waals surface area contributed by atoms with Gasteiger partial charge in [-0.3, -0.25) is 24.5 Å². The third-order valence-electron chi connectivity index (χ3n) is 11.4. The van der Waals surface area contributed by atoms with Crippen molar-refractivity contribution < 1.29 is 33.9 Å². The molecule has 274 valence electrons. The molecular formula is C38H45N5O8Si. The van der Waals surface area contributed by atoms with Crippen molar-refractivity contribution in [1.29, 1.82) is 0 Å². The monoisotopic (exact) mass is 727 g/mol. The van der Waals surface area contributed by atoms with Gasteiger partial charge in [-0.25, -0.2) is 0 Å². The minimum atomic E-state index is -3.14. The molecule has 3 amide bonds. The van der Waals surface area contributed by atoms with E-state index >= 15 is 0 Å². The minimum absolute atomic E-state index is 0.0975. The molecule has 2 saturated heterocycles. The van der Waals surface area contributed by atoms with Crippen molar-refractivity contribution in [3.63, 3.8) is 0 Å². The summed E-state index contributed by atoms with van der Waals surface area (Å²) in [6, 6.07) is 18.7. The second-order valence-corrected chi connectivity index (χ2v) is 19.1. The number of ether oxygens (including phenoxy) is 1. The number of nitro groups is 1. The van der Waals surface area contributed by atoms with E-state index in [4.69, 9.17) is 4.74 Å². The Labute approximate surface area is 303 Å². The number of rotatable bonds is 9. The van der Waals surface area contributed by atoms with Gasteiger partial charge in [-0.2, -0.15) is 0 Å². The van der Waals surface area contributed by atoms with Crippen molar-refractivity contribution in [3.8, 4) is 0 Å². The number of hydrogen-bond acceptors (Lipinski definition) is 9. The van der Waals surface area contributed by atoms with E-state index in [0.717, 1.165) is 36.1 Å². The van der Waals surface area contributed by atoms with Crippen molar-refractivity contribution in [1.82, 2.24) is 10.2 Å². The second-order valence-electron chi connectivity index (χ2n) is 15.1. The number of aliphatic hydroxyl groups is 1. The number of aliphatic hydroxyl groups excluding tert-OH is 1. The molecule has 0 aliphatic carbocycles. The second kappa shape index (κ2) is 13.8. The number of nitrogens with one attached hydrogen (secondary N) is 2. The lowest BCUT2D eigenvalue weighted by Crippen LogP contribution is -2.48. The molecule has 0 unspecified atom stereocenters. The molecule has 0 radical (unpaired) electrons. The van der Waals surface area contributed by atoms with E-state index in [2.05, 4.69) is 10.6 Å². The minimum Gasteiger partial charge on any atom is -0.432 e. The Morgan fingerprint density at radius 2 is 1.85 bits per heavy atom. The largest absolute Gasteiger partial charge is 0.432 e. The van der Waals surface area contributed by atoms with Gasteiger partial charge in [0.2, 0.25) is 11.8 Å². The van der Waals surface area contributed by atoms with Gasteiger partial charge in [-0.1, -0.05) is 43.3 Å². The summed E-state index contributed by atoms with van der Waals surface area (Å²) in [5.74, 6) is -1.41. The number of carbonyl (C=O) groups is 3. The smallest absolute Gasteiger partial charge is 0.269 e. The lowest BCUT2D eigenvalue weighted by atomic mass is 9.82. The van der Waals surface area contributed by atoms with E-state index in [1.165, 1.54) is 12.1 Å². The van der Waals surface area contributed by atoms with Gasteiger partial charge in [0.05, 0.1) is 48.4 Å². The maximum atomic E-state index is 14.9. The zero-order chi connectivity index (χ0) is 36.9. The summed E-state index contributed by atoms with van der Waals surface area (Å²) in [4.78, 5) is 68.0. The van der Waals surface area contributed by atoms with E-state index < -0.39 is 48.4 Å². The molecule has 4 N–H and O–H groups in total. The Morgan fingerprint density at radius 3 is 2.50 bits per heavy atom. The Kier molecular flexibility index (Phi) is 9.55. The van der Waals surface area contributed by atoms with Gasteiger partial charge in [0.1, 0.15) is 0 Å². The van der Waals surface area contributed by atoms with Crippen molar-refractivity contribution >= 4 is 43.1 Å². The van der Waals surface area contributed by atoms with Gasteiger partial charge in [-0.05, 0) is 73.8 Å². The number of non-ortho nitro benzene ring substituents is 1. The highest BCUT2D eigenvalue weighted by atomic mass is 28.4. The fourth-order valence-corrected chi connectivity index (χ4v) is 11.4. The molecule has 4 aliphatic heterocycles. The van der Waals surface area contributed by atoms with E-state index in [9.17, 15) is 34.4 Å². The quantitative estimate of drug-likeness (QED) is 0.145. The molecule has 0 saturated carbocycles. The van der Waals surface area contributed by atoms with Crippen LogP contribution in [0.5, 0.6) is 0 Å². The molecule has 7 rings (SSSR count). The zero-order valence-corrected chi connectivity index (χ0v) is 30.6. The molecule has 2 fully saturated rings. The van der Waals surface area contributed by atoms with Gasteiger partial charge in [-0.15, -0.1) is 0 Å². The van der Waals surface area contributed by atoms with Crippen LogP contribution in [0.2, 0.25) is 18.6 Å². The fourth-order valence-electron chi connectivity index (χ4n) is 8.88. The predicted octanol–water partition coefficient (Wildman–Crippen LogP) is 3.97. The summed E-state index contributed by atoms with van der Waals surface area (Å²) in [6.45, 7) is 6.38. The van der Waals surface area contributed by atoms with Crippen LogP contribution in [-0.2, 0) is 44.2 Å². The van der Waals surface area contributed by atoms with Crippen LogP contribution in [0.1, 0.15) is 48.4 Å². The lowest BCUT2D eigenvalue weighted by molar-refractivity contribution is -0.385. The SMILES string of the molecule is C[C@@H]1[C@@H]([Si](C)(C)O)[C@H](CC(=O)N2Cc3ccccc3C[C@H]2CO)O[C@@]12C(=O)N(Cc1ccc(NC(=O)[C@H]3CCCN3)cc1)c1ccc([N+](=O)[O-])cc12. The lowest BCUT2D eigenvalue weighted by Gasteiger charge is -2.37. The topological polar surface area (TPSA) is 175 Å². The summed E-state index contributed by atoms with van der Waals surface area (Å²) in [5.41, 5.74) is 1.80. The van der Waals surface area contributed by atoms with E-state index in [-0.39, 0.29) is 43.1 Å². The number of anilines is 2. The highest BCUT2D eigenvalue weighted by Gasteiger charge is 2.66. The molecule has 3 aromatic rings. The van der Waals surface area contributed by atoms with Crippen LogP contribution in [0, 0.1) is 16.0 Å². The first-order valence-corrected chi connectivity index (χ1v) is 21.0. The molecule has 0 aromatic heterocycles. The van der Waals surface area contributed by atoms with E-state index in [1.54, 1.807) is 41.1 Å². The average Bonchev–Trinajstić information content (AvgIpc) is 3.82. The first-order valence-electron chi connectivity index (χ1n) is 17.9. The third-order valence-corrected chi connectivity index (χ3v) is 13.9. The molecule has 6 atom stereocenters. The number of carbonyl (C=O) groups excluding carboxylic acids is 3. The number of fused-ring (bicyclic) bond motifs is 3. The van der Waals surface area contributed by atoms with E-state index in [0.29, 0.717) is 29.9 Å². The summed E-state index contributed by atoms with van der Waals surface area (Å²) in [7, 11) is -3.14. The Bertz CT molecular complexity index is 1890. The van der Waals surface area contributed by atoms with Gasteiger partial charge in [0.25, 0.3) is 11.6 Å². The highest BCUT2D eigenvalue weighted by molar-refractivity contribution is 6.71. The van der Waals surface area contributed by atoms with Crippen LogP contribution in [0.3, 0.4) is 0 Å². The van der Waals surface area contributed by atoms with Crippen molar-refractivity contribution in [2.75, 3.05) is 23.4 Å². The van der Waals surface area contributed by atoms with Crippen LogP contribution in [0.25, 0.3) is 0 Å². The average molecular weight is 728 g/mol. The molecule has 4 heterocycles. The summed E-state index contributed by atoms with van der Waals surface area (Å²) in [6.07, 6.45) is 1.24. The van der Waals surface area contributed by atoms with Crippen LogP contribution >= 0.6 is 0 Å². The predicted molar refractivity (Wildman–Crippen MR) is 196 cm³/mol. The molecule has 0 bridgehead atoms. The summed E-state index contributed by atoms with van der Waals surface area (Å²) < 4.78 is 6.81. The molecule has 13 nitrogen and oxygen atoms in total. The fraction of sp³-hybridized carbons (Fsp3) is 0.447. The van der Waals surface area contributed by atoms with Crippen molar-refractivity contribution in [2.45, 2.75) is 88.1 Å². The van der Waals surface area contributed by atoms with Crippen molar-refractivity contribution in [2.24, 2.45) is 5.92 Å². The first kappa shape index (κ1) is 35.9. The van der Waals surface area contributed by atoms with Crippen molar-refractivity contribution in [3.05, 3.63) is 99.1 Å².